The number of hydrogen-bond donors (Lipinski definition) is 3. The maximum absolute atomic E-state index is 12.0. The van der Waals surface area contributed by atoms with E-state index in [0.29, 0.717) is 18.4 Å². The van der Waals surface area contributed by atoms with E-state index in [9.17, 15) is 14.7 Å². The van der Waals surface area contributed by atoms with Gasteiger partial charge in [0.05, 0.1) is 0 Å². The van der Waals surface area contributed by atoms with Crippen molar-refractivity contribution in [3.63, 3.8) is 0 Å². The van der Waals surface area contributed by atoms with Gasteiger partial charge in [0.25, 0.3) is 5.91 Å². The Kier molecular flexibility index (Phi) is 4.10. The van der Waals surface area contributed by atoms with Crippen LogP contribution >= 0.6 is 22.6 Å². The number of carbonyl (C=O) groups excluding carboxylic acids is 2. The van der Waals surface area contributed by atoms with Gasteiger partial charge in [-0.2, -0.15) is 0 Å². The number of nitrogens with one attached hydrogen (secondary N) is 2. The molecule has 102 valence electrons. The minimum Gasteiger partial charge on any atom is -0.385 e. The number of halogens is 1. The predicted molar refractivity (Wildman–Crippen MR) is 78.4 cm³/mol. The van der Waals surface area contributed by atoms with Crippen LogP contribution < -0.4 is 10.6 Å². The van der Waals surface area contributed by atoms with Gasteiger partial charge in [-0.15, -0.1) is 0 Å². The van der Waals surface area contributed by atoms with Crippen molar-refractivity contribution in [1.82, 2.24) is 10.6 Å². The van der Waals surface area contributed by atoms with E-state index in [0.717, 1.165) is 3.57 Å². The zero-order valence-electron chi connectivity index (χ0n) is 10.4. The van der Waals surface area contributed by atoms with Crippen molar-refractivity contribution >= 4 is 34.5 Å². The lowest BCUT2D eigenvalue weighted by Gasteiger charge is -2.31. The quantitative estimate of drug-likeness (QED) is 0.555. The zero-order valence-corrected chi connectivity index (χ0v) is 12.6. The highest BCUT2D eigenvalue weighted by Gasteiger charge is 2.51. The van der Waals surface area contributed by atoms with Gasteiger partial charge in [-0.05, 0) is 46.7 Å². The third-order valence-electron chi connectivity index (χ3n) is 3.27. The monoisotopic (exact) mass is 374 g/mol. The third-order valence-corrected chi connectivity index (χ3v) is 3.98. The molecule has 1 aliphatic heterocycles. The predicted octanol–water partition coefficient (Wildman–Crippen LogP) is 1.70. The first-order valence-corrected chi connectivity index (χ1v) is 7.14. The Hall–Kier alpha value is -1.15. The van der Waals surface area contributed by atoms with Crippen molar-refractivity contribution in [2.45, 2.75) is 31.4 Å². The van der Waals surface area contributed by atoms with Crippen LogP contribution in [0.2, 0.25) is 0 Å². The molecule has 0 aromatic heterocycles. The van der Waals surface area contributed by atoms with E-state index in [4.69, 9.17) is 0 Å². The Morgan fingerprint density at radius 3 is 2.42 bits per heavy atom. The van der Waals surface area contributed by atoms with Crippen LogP contribution in [-0.4, -0.2) is 22.6 Å². The molecule has 2 unspecified atom stereocenters. The summed E-state index contributed by atoms with van der Waals surface area (Å²) in [6, 6.07) is 6.69. The summed E-state index contributed by atoms with van der Waals surface area (Å²) in [5.74, 6) is -0.467. The number of carbonyl (C=O) groups is 2. The molecule has 0 saturated carbocycles. The number of imide groups is 1. The largest absolute Gasteiger partial charge is 0.385 e. The molecule has 0 radical (unpaired) electrons. The lowest BCUT2D eigenvalue weighted by Crippen LogP contribution is -2.51. The first kappa shape index (κ1) is 14.3. The van der Waals surface area contributed by atoms with E-state index in [2.05, 4.69) is 33.2 Å². The van der Waals surface area contributed by atoms with E-state index in [1.54, 1.807) is 12.1 Å². The molecule has 3 amide bonds. The van der Waals surface area contributed by atoms with Crippen LogP contribution in [0, 0.1) is 3.57 Å². The molecule has 1 aliphatic rings. The van der Waals surface area contributed by atoms with E-state index in [1.807, 2.05) is 19.1 Å². The van der Waals surface area contributed by atoms with Gasteiger partial charge in [0.2, 0.25) is 0 Å². The van der Waals surface area contributed by atoms with Crippen LogP contribution in [0.3, 0.4) is 0 Å². The molecule has 1 fully saturated rings. The zero-order chi connectivity index (χ0) is 14.0. The van der Waals surface area contributed by atoms with Crippen LogP contribution in [0.1, 0.15) is 31.4 Å². The summed E-state index contributed by atoms with van der Waals surface area (Å²) in [7, 11) is 0. The van der Waals surface area contributed by atoms with Gasteiger partial charge >= 0.3 is 6.03 Å². The van der Waals surface area contributed by atoms with Crippen LogP contribution in [0.15, 0.2) is 24.3 Å². The summed E-state index contributed by atoms with van der Waals surface area (Å²) in [6.45, 7) is 1.90. The molecule has 1 aromatic carbocycles. The summed E-state index contributed by atoms with van der Waals surface area (Å²) in [6.07, 6.45) is 0.00300. The van der Waals surface area contributed by atoms with Crippen molar-refractivity contribution < 1.29 is 14.7 Å². The molecule has 1 saturated heterocycles. The fraction of sp³-hybridized carbons (Fsp3) is 0.385. The van der Waals surface area contributed by atoms with E-state index < -0.39 is 23.6 Å². The lowest BCUT2D eigenvalue weighted by atomic mass is 9.84. The average molecular weight is 374 g/mol. The average Bonchev–Trinajstić information content (AvgIpc) is 2.65. The molecular weight excluding hydrogens is 359 g/mol. The molecule has 0 spiro atoms. The summed E-state index contributed by atoms with van der Waals surface area (Å²) < 4.78 is 1.04. The van der Waals surface area contributed by atoms with Gasteiger partial charge in [-0.25, -0.2) is 4.79 Å². The summed E-state index contributed by atoms with van der Waals surface area (Å²) in [5, 5.41) is 15.3. The van der Waals surface area contributed by atoms with E-state index >= 15 is 0 Å². The standard InChI is InChI=1S/C13H15IN2O3/c1-2-7-13(11(18)15-12(19)16-13)10(17)8-3-5-9(14)6-4-8/h3-6,10,17H,2,7H2,1H3,(H2,15,16,18,19). The molecule has 2 rings (SSSR count). The molecule has 3 N–H and O–H groups in total. The van der Waals surface area contributed by atoms with Gasteiger partial charge in [0.1, 0.15) is 6.10 Å². The maximum Gasteiger partial charge on any atom is 0.322 e. The summed E-state index contributed by atoms with van der Waals surface area (Å²) in [4.78, 5) is 23.4. The Bertz CT molecular complexity index is 503. The van der Waals surface area contributed by atoms with E-state index in [-0.39, 0.29) is 0 Å². The summed E-state index contributed by atoms with van der Waals surface area (Å²) in [5.41, 5.74) is -0.648. The number of aliphatic hydroxyl groups excluding tert-OH is 1. The number of urea groups is 1. The normalized spacial score (nSPS) is 23.9. The fourth-order valence-electron chi connectivity index (χ4n) is 2.33. The van der Waals surface area contributed by atoms with Crippen LogP contribution in [0.4, 0.5) is 4.79 Å². The Morgan fingerprint density at radius 2 is 1.95 bits per heavy atom. The van der Waals surface area contributed by atoms with Gasteiger partial charge in [0, 0.05) is 3.57 Å². The van der Waals surface area contributed by atoms with Crippen molar-refractivity contribution in [3.8, 4) is 0 Å². The minimum absolute atomic E-state index is 0.387. The first-order chi connectivity index (χ1) is 8.99. The lowest BCUT2D eigenvalue weighted by molar-refractivity contribution is -0.128. The molecular formula is C13H15IN2O3. The number of benzene rings is 1. The molecule has 2 atom stereocenters. The highest BCUT2D eigenvalue weighted by Crippen LogP contribution is 2.32. The number of aliphatic hydroxyl groups is 1. The van der Waals surface area contributed by atoms with Gasteiger partial charge in [0.15, 0.2) is 5.54 Å². The second-order valence-corrected chi connectivity index (χ2v) is 5.83. The van der Waals surface area contributed by atoms with Crippen LogP contribution in [0.5, 0.6) is 0 Å². The first-order valence-electron chi connectivity index (χ1n) is 6.06. The molecule has 0 aliphatic carbocycles. The molecule has 1 aromatic rings. The van der Waals surface area contributed by atoms with Gasteiger partial charge < -0.3 is 10.4 Å². The minimum atomic E-state index is -1.27. The van der Waals surface area contributed by atoms with Crippen LogP contribution in [-0.2, 0) is 4.79 Å². The second-order valence-electron chi connectivity index (χ2n) is 4.58. The maximum atomic E-state index is 12.0. The molecule has 1 heterocycles. The molecule has 5 nitrogen and oxygen atoms in total. The van der Waals surface area contributed by atoms with Crippen molar-refractivity contribution in [1.29, 1.82) is 0 Å². The van der Waals surface area contributed by atoms with Gasteiger partial charge in [-0.3, -0.25) is 10.1 Å². The Labute approximate surface area is 124 Å². The topological polar surface area (TPSA) is 78.4 Å². The smallest absolute Gasteiger partial charge is 0.322 e. The van der Waals surface area contributed by atoms with Crippen molar-refractivity contribution in [2.24, 2.45) is 0 Å². The Morgan fingerprint density at radius 1 is 1.32 bits per heavy atom. The van der Waals surface area contributed by atoms with E-state index in [1.165, 1.54) is 0 Å². The molecule has 0 bridgehead atoms. The Balaban J connectivity index is 2.36. The van der Waals surface area contributed by atoms with Gasteiger partial charge in [-0.1, -0.05) is 25.5 Å². The van der Waals surface area contributed by atoms with Crippen molar-refractivity contribution in [2.75, 3.05) is 0 Å². The highest BCUT2D eigenvalue weighted by atomic mass is 127. The fourth-order valence-corrected chi connectivity index (χ4v) is 2.69. The third kappa shape index (κ3) is 2.59. The molecule has 19 heavy (non-hydrogen) atoms. The number of rotatable bonds is 4. The highest BCUT2D eigenvalue weighted by molar-refractivity contribution is 14.1. The number of amides is 3. The SMILES string of the molecule is CCCC1(C(O)c2ccc(I)cc2)NC(=O)NC1=O. The summed E-state index contributed by atoms with van der Waals surface area (Å²) >= 11 is 2.17. The second kappa shape index (κ2) is 5.46. The van der Waals surface area contributed by atoms with Crippen LogP contribution in [0.25, 0.3) is 0 Å². The molecule has 6 heteroatoms. The number of hydrogen-bond acceptors (Lipinski definition) is 3. The van der Waals surface area contributed by atoms with Crippen molar-refractivity contribution in [3.05, 3.63) is 33.4 Å².